The normalized spacial score (nSPS) is 11.2. The van der Waals surface area contributed by atoms with Gasteiger partial charge in [0.25, 0.3) is 0 Å². The van der Waals surface area contributed by atoms with Gasteiger partial charge in [-0.1, -0.05) is 11.6 Å². The van der Waals surface area contributed by atoms with E-state index in [1.165, 1.54) is 37.3 Å². The van der Waals surface area contributed by atoms with E-state index >= 15 is 0 Å². The molecule has 23 heavy (non-hydrogen) atoms. The van der Waals surface area contributed by atoms with Crippen LogP contribution in [-0.4, -0.2) is 11.8 Å². The van der Waals surface area contributed by atoms with E-state index in [9.17, 15) is 14.0 Å². The minimum Gasteiger partial charge on any atom is -0.325 e. The fourth-order valence-corrected chi connectivity index (χ4v) is 3.01. The Hall–Kier alpha value is -1.44. The molecular formula is C15H13BrClFN2O2S. The lowest BCUT2D eigenvalue weighted by molar-refractivity contribution is -0.135. The molecular weight excluding hydrogens is 407 g/mol. The first-order chi connectivity index (χ1) is 10.7. The Labute approximate surface area is 150 Å². The van der Waals surface area contributed by atoms with Crippen LogP contribution in [0.3, 0.4) is 0 Å². The number of hydrogen-bond acceptors (Lipinski definition) is 3. The molecule has 4 nitrogen and oxygen atoms in total. The summed E-state index contributed by atoms with van der Waals surface area (Å²) in [4.78, 5) is 24.7. The fourth-order valence-electron chi connectivity index (χ4n) is 1.61. The summed E-state index contributed by atoms with van der Waals surface area (Å²) >= 11 is 10.2. The van der Waals surface area contributed by atoms with Gasteiger partial charge < -0.3 is 10.6 Å². The minimum absolute atomic E-state index is 0.0386. The first-order valence-corrected chi connectivity index (χ1v) is 8.52. The van der Waals surface area contributed by atoms with E-state index in [0.717, 1.165) is 9.85 Å². The highest BCUT2D eigenvalue weighted by Crippen LogP contribution is 2.29. The van der Waals surface area contributed by atoms with Crippen molar-refractivity contribution in [3.05, 3.63) is 45.0 Å². The number of nitrogens with one attached hydrogen (secondary N) is 2. The van der Waals surface area contributed by atoms with E-state index < -0.39 is 23.0 Å². The Morgan fingerprint density at radius 3 is 2.39 bits per heavy atom. The number of halogens is 3. The smallest absolute Gasteiger partial charge is 0.240 e. The number of benzene rings is 1. The molecule has 0 aliphatic heterocycles. The number of carbonyl (C=O) groups excluding carboxylic acids is 2. The van der Waals surface area contributed by atoms with E-state index in [1.54, 1.807) is 12.1 Å². The number of thiophene rings is 1. The highest BCUT2D eigenvalue weighted by Gasteiger charge is 2.36. The number of anilines is 2. The van der Waals surface area contributed by atoms with E-state index in [0.29, 0.717) is 5.00 Å². The van der Waals surface area contributed by atoms with Crippen LogP contribution in [0.5, 0.6) is 0 Å². The van der Waals surface area contributed by atoms with Crippen LogP contribution in [0.1, 0.15) is 13.8 Å². The van der Waals surface area contributed by atoms with Gasteiger partial charge in [0.15, 0.2) is 0 Å². The Kier molecular flexibility index (Phi) is 5.44. The lowest BCUT2D eigenvalue weighted by Gasteiger charge is -2.22. The lowest BCUT2D eigenvalue weighted by Crippen LogP contribution is -2.41. The van der Waals surface area contributed by atoms with E-state index in [-0.39, 0.29) is 10.7 Å². The molecule has 0 saturated heterocycles. The van der Waals surface area contributed by atoms with Crippen molar-refractivity contribution >= 4 is 61.4 Å². The molecule has 2 N–H and O–H groups in total. The third-order valence-corrected chi connectivity index (χ3v) is 4.97. The monoisotopic (exact) mass is 418 g/mol. The molecule has 1 aromatic carbocycles. The summed E-state index contributed by atoms with van der Waals surface area (Å²) < 4.78 is 14.3. The molecule has 0 fully saturated rings. The quantitative estimate of drug-likeness (QED) is 0.692. The van der Waals surface area contributed by atoms with Gasteiger partial charge in [-0.25, -0.2) is 4.39 Å². The minimum atomic E-state index is -1.34. The van der Waals surface area contributed by atoms with Gasteiger partial charge in [-0.3, -0.25) is 9.59 Å². The van der Waals surface area contributed by atoms with Crippen LogP contribution in [0.2, 0.25) is 5.02 Å². The fraction of sp³-hybridized carbons (Fsp3) is 0.200. The summed E-state index contributed by atoms with van der Waals surface area (Å²) in [5.41, 5.74) is -1.11. The van der Waals surface area contributed by atoms with Crippen molar-refractivity contribution in [2.24, 2.45) is 5.41 Å². The SMILES string of the molecule is CC(C)(C(=O)Nc1ccc(Cl)c(F)c1)C(=O)Nc1ccc(Br)s1. The lowest BCUT2D eigenvalue weighted by atomic mass is 9.91. The Morgan fingerprint density at radius 1 is 1.17 bits per heavy atom. The molecule has 0 atom stereocenters. The number of rotatable bonds is 4. The maximum absolute atomic E-state index is 13.4. The molecule has 2 aromatic rings. The number of carbonyl (C=O) groups is 2. The van der Waals surface area contributed by atoms with Crippen LogP contribution in [0.25, 0.3) is 0 Å². The molecule has 122 valence electrons. The molecule has 0 aliphatic rings. The van der Waals surface area contributed by atoms with Gasteiger partial charge in [0.2, 0.25) is 11.8 Å². The maximum Gasteiger partial charge on any atom is 0.240 e. The van der Waals surface area contributed by atoms with E-state index in [2.05, 4.69) is 26.6 Å². The van der Waals surface area contributed by atoms with Crippen LogP contribution in [0, 0.1) is 11.2 Å². The Morgan fingerprint density at radius 2 is 1.83 bits per heavy atom. The molecule has 1 heterocycles. The second-order valence-corrected chi connectivity index (χ2v) is 8.14. The van der Waals surface area contributed by atoms with Crippen LogP contribution in [-0.2, 0) is 9.59 Å². The third-order valence-electron chi connectivity index (χ3n) is 3.12. The van der Waals surface area contributed by atoms with Gasteiger partial charge in [-0.2, -0.15) is 0 Å². The molecule has 0 bridgehead atoms. The van der Waals surface area contributed by atoms with Crippen molar-refractivity contribution < 1.29 is 14.0 Å². The van der Waals surface area contributed by atoms with Crippen LogP contribution < -0.4 is 10.6 Å². The summed E-state index contributed by atoms with van der Waals surface area (Å²) in [6.07, 6.45) is 0. The largest absolute Gasteiger partial charge is 0.325 e. The molecule has 1 aromatic heterocycles. The number of amides is 2. The Bertz CT molecular complexity index is 764. The van der Waals surface area contributed by atoms with Crippen molar-refractivity contribution in [3.8, 4) is 0 Å². The molecule has 0 unspecified atom stereocenters. The van der Waals surface area contributed by atoms with Crippen molar-refractivity contribution in [3.63, 3.8) is 0 Å². The standard InChI is InChI=1S/C15H13BrClFN2O2S/c1-15(2,14(22)20-12-6-5-11(16)23-12)13(21)19-8-3-4-9(17)10(18)7-8/h3-7H,1-2H3,(H,19,21)(H,20,22). The van der Waals surface area contributed by atoms with Crippen molar-refractivity contribution in [2.75, 3.05) is 10.6 Å². The van der Waals surface area contributed by atoms with Crippen LogP contribution in [0.4, 0.5) is 15.1 Å². The first kappa shape index (κ1) is 17.9. The van der Waals surface area contributed by atoms with Crippen molar-refractivity contribution in [1.82, 2.24) is 0 Å². The molecule has 0 saturated carbocycles. The van der Waals surface area contributed by atoms with E-state index in [1.807, 2.05) is 0 Å². The summed E-state index contributed by atoms with van der Waals surface area (Å²) in [5, 5.41) is 5.79. The average molecular weight is 420 g/mol. The highest BCUT2D eigenvalue weighted by molar-refractivity contribution is 9.11. The topological polar surface area (TPSA) is 58.2 Å². The van der Waals surface area contributed by atoms with Gasteiger partial charge in [0, 0.05) is 5.69 Å². The van der Waals surface area contributed by atoms with Gasteiger partial charge >= 0.3 is 0 Å². The second-order valence-electron chi connectivity index (χ2n) is 5.27. The Balaban J connectivity index is 2.09. The predicted octanol–water partition coefficient (Wildman–Crippen LogP) is 4.91. The van der Waals surface area contributed by atoms with Crippen molar-refractivity contribution in [1.29, 1.82) is 0 Å². The molecule has 2 amide bonds. The maximum atomic E-state index is 13.4. The molecule has 0 aliphatic carbocycles. The van der Waals surface area contributed by atoms with Gasteiger partial charge in [0.1, 0.15) is 11.2 Å². The number of hydrogen-bond donors (Lipinski definition) is 2. The predicted molar refractivity (Wildman–Crippen MR) is 94.5 cm³/mol. The van der Waals surface area contributed by atoms with E-state index in [4.69, 9.17) is 11.6 Å². The highest BCUT2D eigenvalue weighted by atomic mass is 79.9. The van der Waals surface area contributed by atoms with Gasteiger partial charge in [-0.05, 0) is 60.1 Å². The second kappa shape index (κ2) is 6.98. The average Bonchev–Trinajstić information content (AvgIpc) is 2.88. The third kappa shape index (κ3) is 4.31. The molecule has 0 radical (unpaired) electrons. The van der Waals surface area contributed by atoms with Crippen LogP contribution in [0.15, 0.2) is 34.1 Å². The van der Waals surface area contributed by atoms with Gasteiger partial charge in [-0.15, -0.1) is 11.3 Å². The molecule has 8 heteroatoms. The molecule has 0 spiro atoms. The summed E-state index contributed by atoms with van der Waals surface area (Å²) in [6.45, 7) is 2.99. The zero-order valence-corrected chi connectivity index (χ0v) is 15.4. The van der Waals surface area contributed by atoms with Gasteiger partial charge in [0.05, 0.1) is 13.8 Å². The zero-order valence-electron chi connectivity index (χ0n) is 12.2. The zero-order chi connectivity index (χ0) is 17.2. The summed E-state index contributed by atoms with van der Waals surface area (Å²) in [7, 11) is 0. The first-order valence-electron chi connectivity index (χ1n) is 6.53. The summed E-state index contributed by atoms with van der Waals surface area (Å²) in [5.74, 6) is -1.65. The summed E-state index contributed by atoms with van der Waals surface area (Å²) in [6, 6.07) is 7.43. The molecule has 2 rings (SSSR count). The van der Waals surface area contributed by atoms with Crippen LogP contribution >= 0.6 is 38.9 Å². The van der Waals surface area contributed by atoms with Crippen molar-refractivity contribution in [2.45, 2.75) is 13.8 Å².